The standard InChI is InChI=1S/C11H16N2O2/c1-12-10(14)6-13-11(15)9-5-7-2-3-8(9)4-7/h2-3,7-9H,4-6H2,1H3,(H,12,14)(H,13,15). The molecule has 15 heavy (non-hydrogen) atoms. The van der Waals surface area contributed by atoms with Crippen molar-refractivity contribution in [3.63, 3.8) is 0 Å². The average molecular weight is 208 g/mol. The zero-order chi connectivity index (χ0) is 10.8. The highest BCUT2D eigenvalue weighted by Gasteiger charge is 2.39. The number of rotatable bonds is 3. The van der Waals surface area contributed by atoms with Crippen LogP contribution in [0.3, 0.4) is 0 Å². The zero-order valence-corrected chi connectivity index (χ0v) is 8.82. The van der Waals surface area contributed by atoms with Gasteiger partial charge in [-0.1, -0.05) is 12.2 Å². The van der Waals surface area contributed by atoms with Gasteiger partial charge in [0, 0.05) is 13.0 Å². The highest BCUT2D eigenvalue weighted by atomic mass is 16.2. The molecule has 0 aromatic heterocycles. The second-order valence-corrected chi connectivity index (χ2v) is 4.28. The molecule has 0 aromatic carbocycles. The monoisotopic (exact) mass is 208 g/mol. The fourth-order valence-electron chi connectivity index (χ4n) is 2.47. The van der Waals surface area contributed by atoms with Crippen molar-refractivity contribution in [1.29, 1.82) is 0 Å². The summed E-state index contributed by atoms with van der Waals surface area (Å²) in [4.78, 5) is 22.7. The first kappa shape index (κ1) is 10.2. The van der Waals surface area contributed by atoms with Crippen LogP contribution in [0, 0.1) is 17.8 Å². The topological polar surface area (TPSA) is 58.2 Å². The minimum atomic E-state index is -0.151. The molecule has 2 bridgehead atoms. The van der Waals surface area contributed by atoms with E-state index in [1.807, 2.05) is 0 Å². The van der Waals surface area contributed by atoms with Gasteiger partial charge in [0.25, 0.3) is 0 Å². The minimum Gasteiger partial charge on any atom is -0.358 e. The van der Waals surface area contributed by atoms with Gasteiger partial charge in [-0.05, 0) is 24.7 Å². The largest absolute Gasteiger partial charge is 0.358 e. The van der Waals surface area contributed by atoms with Crippen molar-refractivity contribution in [2.75, 3.05) is 13.6 Å². The molecule has 82 valence electrons. The summed E-state index contributed by atoms with van der Waals surface area (Å²) in [5.74, 6) is 0.951. The van der Waals surface area contributed by atoms with Crippen molar-refractivity contribution in [3.05, 3.63) is 12.2 Å². The molecular formula is C11H16N2O2. The van der Waals surface area contributed by atoms with Crippen LogP contribution in [-0.2, 0) is 9.59 Å². The molecule has 2 N–H and O–H groups in total. The van der Waals surface area contributed by atoms with Crippen molar-refractivity contribution in [2.45, 2.75) is 12.8 Å². The van der Waals surface area contributed by atoms with Crippen molar-refractivity contribution < 1.29 is 9.59 Å². The summed E-state index contributed by atoms with van der Waals surface area (Å²) in [7, 11) is 1.56. The molecular weight excluding hydrogens is 192 g/mol. The fourth-order valence-corrected chi connectivity index (χ4v) is 2.47. The van der Waals surface area contributed by atoms with E-state index < -0.39 is 0 Å². The van der Waals surface area contributed by atoms with E-state index in [0.29, 0.717) is 11.8 Å². The molecule has 2 rings (SSSR count). The van der Waals surface area contributed by atoms with Gasteiger partial charge >= 0.3 is 0 Å². The number of fused-ring (bicyclic) bond motifs is 2. The van der Waals surface area contributed by atoms with Gasteiger partial charge in [-0.15, -0.1) is 0 Å². The SMILES string of the molecule is CNC(=O)CNC(=O)C1CC2C=CC1C2. The predicted molar refractivity (Wildman–Crippen MR) is 55.9 cm³/mol. The molecule has 2 amide bonds. The van der Waals surface area contributed by atoms with Gasteiger partial charge in [-0.25, -0.2) is 0 Å². The normalized spacial score (nSPS) is 31.7. The molecule has 4 heteroatoms. The van der Waals surface area contributed by atoms with Crippen LogP contribution in [-0.4, -0.2) is 25.4 Å². The molecule has 3 unspecified atom stereocenters. The molecule has 0 radical (unpaired) electrons. The van der Waals surface area contributed by atoms with Crippen LogP contribution in [0.1, 0.15) is 12.8 Å². The number of hydrogen-bond donors (Lipinski definition) is 2. The molecule has 4 nitrogen and oxygen atoms in total. The van der Waals surface area contributed by atoms with Gasteiger partial charge < -0.3 is 10.6 Å². The second-order valence-electron chi connectivity index (χ2n) is 4.28. The maximum atomic E-state index is 11.7. The number of allylic oxidation sites excluding steroid dienone is 2. The Hall–Kier alpha value is -1.32. The third-order valence-electron chi connectivity index (χ3n) is 3.32. The smallest absolute Gasteiger partial charge is 0.239 e. The van der Waals surface area contributed by atoms with Crippen LogP contribution in [0.25, 0.3) is 0 Å². The van der Waals surface area contributed by atoms with Crippen molar-refractivity contribution in [2.24, 2.45) is 17.8 Å². The highest BCUT2D eigenvalue weighted by molar-refractivity contribution is 5.86. The van der Waals surface area contributed by atoms with Crippen LogP contribution in [0.15, 0.2) is 12.2 Å². The summed E-state index contributed by atoms with van der Waals surface area (Å²) >= 11 is 0. The van der Waals surface area contributed by atoms with Crippen LogP contribution < -0.4 is 10.6 Å². The Morgan fingerprint density at radius 1 is 1.33 bits per heavy atom. The number of carbonyl (C=O) groups excluding carboxylic acids is 2. The minimum absolute atomic E-state index is 0.0236. The van der Waals surface area contributed by atoms with E-state index >= 15 is 0 Å². The van der Waals surface area contributed by atoms with E-state index in [0.717, 1.165) is 12.8 Å². The van der Waals surface area contributed by atoms with Crippen LogP contribution in [0.5, 0.6) is 0 Å². The summed E-state index contributed by atoms with van der Waals surface area (Å²) in [6.07, 6.45) is 6.39. The van der Waals surface area contributed by atoms with E-state index in [9.17, 15) is 9.59 Å². The molecule has 1 fully saturated rings. The number of likely N-dealkylation sites (N-methyl/N-ethyl adjacent to an activating group) is 1. The number of nitrogens with one attached hydrogen (secondary N) is 2. The first-order valence-electron chi connectivity index (χ1n) is 5.37. The molecule has 2 aliphatic carbocycles. The van der Waals surface area contributed by atoms with E-state index in [4.69, 9.17) is 0 Å². The summed E-state index contributed by atoms with van der Waals surface area (Å²) in [6, 6.07) is 0. The number of hydrogen-bond acceptors (Lipinski definition) is 2. The van der Waals surface area contributed by atoms with Crippen LogP contribution in [0.2, 0.25) is 0 Å². The van der Waals surface area contributed by atoms with E-state index in [2.05, 4.69) is 22.8 Å². The lowest BCUT2D eigenvalue weighted by Crippen LogP contribution is -2.39. The van der Waals surface area contributed by atoms with Crippen molar-refractivity contribution >= 4 is 11.8 Å². The molecule has 1 saturated carbocycles. The average Bonchev–Trinajstić information content (AvgIpc) is 2.86. The lowest BCUT2D eigenvalue weighted by atomic mass is 9.93. The third-order valence-corrected chi connectivity index (χ3v) is 3.32. The van der Waals surface area contributed by atoms with Crippen molar-refractivity contribution in [3.8, 4) is 0 Å². The molecule has 3 atom stereocenters. The lowest BCUT2D eigenvalue weighted by molar-refractivity contribution is -0.128. The Morgan fingerprint density at radius 3 is 2.67 bits per heavy atom. The Morgan fingerprint density at radius 2 is 2.13 bits per heavy atom. The Labute approximate surface area is 89.1 Å². The second kappa shape index (κ2) is 4.04. The lowest BCUT2D eigenvalue weighted by Gasteiger charge is -2.17. The summed E-state index contributed by atoms with van der Waals surface area (Å²) in [5, 5.41) is 5.15. The molecule has 0 aromatic rings. The van der Waals surface area contributed by atoms with Crippen molar-refractivity contribution in [1.82, 2.24) is 10.6 Å². The van der Waals surface area contributed by atoms with Gasteiger partial charge in [0.15, 0.2) is 0 Å². The maximum absolute atomic E-state index is 11.7. The molecule has 0 spiro atoms. The molecule has 0 aliphatic heterocycles. The van der Waals surface area contributed by atoms with E-state index in [1.165, 1.54) is 0 Å². The van der Waals surface area contributed by atoms with E-state index in [1.54, 1.807) is 7.05 Å². The highest BCUT2D eigenvalue weighted by Crippen LogP contribution is 2.43. The Bertz CT molecular complexity index is 312. The van der Waals surface area contributed by atoms with Crippen LogP contribution in [0.4, 0.5) is 0 Å². The van der Waals surface area contributed by atoms with Gasteiger partial charge in [0.2, 0.25) is 11.8 Å². The number of amides is 2. The van der Waals surface area contributed by atoms with Gasteiger partial charge in [0.05, 0.1) is 6.54 Å². The first-order chi connectivity index (χ1) is 7.20. The van der Waals surface area contributed by atoms with Gasteiger partial charge in [-0.2, -0.15) is 0 Å². The quantitative estimate of drug-likeness (QED) is 0.644. The van der Waals surface area contributed by atoms with E-state index in [-0.39, 0.29) is 24.3 Å². The summed E-state index contributed by atoms with van der Waals surface area (Å²) in [6.45, 7) is 0.0902. The first-order valence-corrected chi connectivity index (χ1v) is 5.37. The molecule has 0 heterocycles. The molecule has 2 aliphatic rings. The van der Waals surface area contributed by atoms with Gasteiger partial charge in [-0.3, -0.25) is 9.59 Å². The Kier molecular flexibility index (Phi) is 2.75. The zero-order valence-electron chi connectivity index (χ0n) is 8.82. The van der Waals surface area contributed by atoms with Gasteiger partial charge in [0.1, 0.15) is 0 Å². The third kappa shape index (κ3) is 2.03. The number of carbonyl (C=O) groups is 2. The summed E-state index contributed by atoms with van der Waals surface area (Å²) < 4.78 is 0. The maximum Gasteiger partial charge on any atom is 0.239 e. The molecule has 0 saturated heterocycles. The summed E-state index contributed by atoms with van der Waals surface area (Å²) in [5.41, 5.74) is 0. The fraction of sp³-hybridized carbons (Fsp3) is 0.636. The Balaban J connectivity index is 1.82. The predicted octanol–water partition coefficient (Wildman–Crippen LogP) is 0.0608. The van der Waals surface area contributed by atoms with Crippen LogP contribution >= 0.6 is 0 Å².